The van der Waals surface area contributed by atoms with Gasteiger partial charge in [-0.05, 0) is 0 Å². The van der Waals surface area contributed by atoms with E-state index in [1.807, 2.05) is 0 Å². The first-order valence-corrected chi connectivity index (χ1v) is 7.21. The van der Waals surface area contributed by atoms with Crippen molar-refractivity contribution in [1.82, 2.24) is 0 Å². The number of benzene rings is 1. The largest absolute Gasteiger partial charge is 0 e. The number of amides is 1. The van der Waals surface area contributed by atoms with E-state index in [4.69, 9.17) is 8.19 Å². The predicted octanol–water partition coefficient (Wildman–Crippen LogP) is -1.17. The van der Waals surface area contributed by atoms with Crippen LogP contribution in [-0.2, 0) is 8.53 Å². The number of nitrogens with one attached hydrogen (secondary N) is 1. The Kier molecular flexibility index (Phi) is 5.88. The quantitative estimate of drug-likeness (QED) is 0.596. The molecule has 1 radical (unpaired) electrons. The Labute approximate surface area is 112 Å². The van der Waals surface area contributed by atoms with Gasteiger partial charge in [-0.25, -0.2) is 0 Å². The van der Waals surface area contributed by atoms with Gasteiger partial charge in [0.1, 0.15) is 0 Å². The molecular weight excluding hydrogens is 272 g/mol. The van der Waals surface area contributed by atoms with Gasteiger partial charge in [-0.3, -0.25) is 0 Å². The van der Waals surface area contributed by atoms with Gasteiger partial charge in [0.25, 0.3) is 0 Å². The van der Waals surface area contributed by atoms with Crippen LogP contribution in [0, 0.1) is 0 Å². The number of hydrogen-bond donors (Lipinski definition) is 3. The maximum atomic E-state index is 10.8. The molecule has 1 rings (SSSR count). The van der Waals surface area contributed by atoms with E-state index in [9.17, 15) is 8.53 Å². The van der Waals surface area contributed by atoms with E-state index in [0.29, 0.717) is 5.69 Å². The molecule has 0 heterocycles. The van der Waals surface area contributed by atoms with E-state index < -0.39 is 14.2 Å². The number of anilines is 1. The fourth-order valence-electron chi connectivity index (χ4n) is 0.942. The summed E-state index contributed by atoms with van der Waals surface area (Å²) in [5.41, 5.74) is 0.519. The van der Waals surface area contributed by atoms with E-state index >= 15 is 0 Å². The molecule has 0 aliphatic rings. The third-order valence-corrected chi connectivity index (χ3v) is 3.56. The molecule has 0 spiro atoms. The molecule has 0 saturated heterocycles. The molecule has 1 amide bonds. The Morgan fingerprint density at radius 3 is 2.07 bits per heavy atom. The monoisotopic (exact) mass is 282 g/mol. The molecule has 0 aliphatic carbocycles. The van der Waals surface area contributed by atoms with Crippen molar-refractivity contribution in [3.05, 3.63) is 24.3 Å². The van der Waals surface area contributed by atoms with Crippen LogP contribution in [0.25, 0.3) is 0 Å². The molecule has 0 saturated carbocycles. The zero-order valence-corrected chi connectivity index (χ0v) is 12.3. The normalized spacial score (nSPS) is 10.3. The molecule has 0 atom stereocenters. The summed E-state index contributed by atoms with van der Waals surface area (Å²) in [6.45, 7) is 1.36. The molecule has 3 N–H and O–H groups in total. The van der Waals surface area contributed by atoms with E-state index in [1.54, 1.807) is 0 Å². The molecule has 0 unspecified atom stereocenters. The zero-order valence-electron chi connectivity index (χ0n) is 8.47. The Hall–Kier alpha value is -0.0316. The Morgan fingerprint density at radius 1 is 1.27 bits per heavy atom. The number of carbonyl (C=O) groups is 1. The van der Waals surface area contributed by atoms with Crippen LogP contribution in [0.1, 0.15) is 6.92 Å². The second-order valence-corrected chi connectivity index (χ2v) is 6.14. The van der Waals surface area contributed by atoms with E-state index in [1.165, 1.54) is 31.2 Å². The molecule has 0 aromatic heterocycles. The third kappa shape index (κ3) is 5.02. The smallest absolute Gasteiger partial charge is 0 e. The standard InChI is InChI=1S/C8H10AsNO4.Na/c1-6(11)10-8-4-2-7(3-5-8)9(12,13)14;/h2-5H,1H3,(H,10,11)(H2,12,13,14);. The minimum absolute atomic E-state index is 0. The van der Waals surface area contributed by atoms with Crippen LogP contribution < -0.4 is 9.67 Å². The van der Waals surface area contributed by atoms with E-state index in [0.717, 1.165) is 0 Å². The molecule has 15 heavy (non-hydrogen) atoms. The van der Waals surface area contributed by atoms with Crippen LogP contribution in [0.2, 0.25) is 0 Å². The van der Waals surface area contributed by atoms with Gasteiger partial charge in [-0.2, -0.15) is 0 Å². The van der Waals surface area contributed by atoms with Crippen LogP contribution in [-0.4, -0.2) is 57.8 Å². The molecular formula is C8H10AsNNaO4. The average molecular weight is 282 g/mol. The van der Waals surface area contributed by atoms with Crippen molar-refractivity contribution >= 4 is 59.7 Å². The molecule has 0 bridgehead atoms. The molecule has 5 nitrogen and oxygen atoms in total. The summed E-state index contributed by atoms with van der Waals surface area (Å²) >= 11 is -4.78. The second-order valence-electron chi connectivity index (χ2n) is 2.77. The number of rotatable bonds is 2. The number of carbonyl (C=O) groups excluding carboxylic acids is 1. The van der Waals surface area contributed by atoms with Gasteiger partial charge < -0.3 is 0 Å². The topological polar surface area (TPSA) is 86.6 Å². The fraction of sp³-hybridized carbons (Fsp3) is 0.125. The van der Waals surface area contributed by atoms with Crippen LogP contribution >= 0.6 is 0 Å². The summed E-state index contributed by atoms with van der Waals surface area (Å²) in [6.07, 6.45) is 0. The Balaban J connectivity index is 0.00000196. The van der Waals surface area contributed by atoms with Gasteiger partial charge in [0.05, 0.1) is 0 Å². The third-order valence-electron chi connectivity index (χ3n) is 1.52. The minimum atomic E-state index is -4.78. The fourth-order valence-corrected chi connectivity index (χ4v) is 2.07. The first-order chi connectivity index (χ1) is 6.39. The van der Waals surface area contributed by atoms with E-state index in [-0.39, 0.29) is 39.8 Å². The van der Waals surface area contributed by atoms with Crippen LogP contribution in [0.4, 0.5) is 5.69 Å². The predicted molar refractivity (Wildman–Crippen MR) is 57.0 cm³/mol. The van der Waals surface area contributed by atoms with Gasteiger partial charge in [0.15, 0.2) is 0 Å². The molecule has 7 heteroatoms. The van der Waals surface area contributed by atoms with Gasteiger partial charge in [0, 0.05) is 29.6 Å². The zero-order chi connectivity index (χ0) is 10.8. The van der Waals surface area contributed by atoms with Crippen molar-refractivity contribution in [3.63, 3.8) is 0 Å². The molecule has 77 valence electrons. The van der Waals surface area contributed by atoms with Crippen molar-refractivity contribution in [3.8, 4) is 0 Å². The summed E-state index contributed by atoms with van der Waals surface area (Å²) < 4.78 is 28.5. The molecule has 0 aliphatic heterocycles. The van der Waals surface area contributed by atoms with Crippen LogP contribution in [0.5, 0.6) is 0 Å². The SMILES string of the molecule is CC(=O)Nc1ccc([As](=O)(O)O)cc1.[Na]. The number of hydrogen-bond acceptors (Lipinski definition) is 2. The Morgan fingerprint density at radius 2 is 1.73 bits per heavy atom. The van der Waals surface area contributed by atoms with Gasteiger partial charge in [0.2, 0.25) is 0 Å². The van der Waals surface area contributed by atoms with Gasteiger partial charge in [-0.1, -0.05) is 0 Å². The maximum absolute atomic E-state index is 10.8. The molecule has 1 aromatic rings. The summed E-state index contributed by atoms with van der Waals surface area (Å²) in [6, 6.07) is 5.53. The van der Waals surface area contributed by atoms with Crippen molar-refractivity contribution < 1.29 is 16.7 Å². The van der Waals surface area contributed by atoms with Gasteiger partial charge >= 0.3 is 83.3 Å². The summed E-state index contributed by atoms with van der Waals surface area (Å²) in [5, 5.41) is 2.50. The van der Waals surface area contributed by atoms with Crippen LogP contribution in [0.15, 0.2) is 24.3 Å². The first kappa shape index (κ1) is 15.0. The Bertz CT molecular complexity index is 386. The summed E-state index contributed by atoms with van der Waals surface area (Å²) in [5.74, 6) is -0.223. The van der Waals surface area contributed by atoms with Crippen molar-refractivity contribution in [2.45, 2.75) is 6.92 Å². The summed E-state index contributed by atoms with van der Waals surface area (Å²) in [7, 11) is 0. The van der Waals surface area contributed by atoms with Crippen molar-refractivity contribution in [1.29, 1.82) is 0 Å². The second kappa shape index (κ2) is 5.89. The first-order valence-electron chi connectivity index (χ1n) is 3.83. The van der Waals surface area contributed by atoms with E-state index in [2.05, 4.69) is 5.32 Å². The molecule has 0 fully saturated rings. The average Bonchev–Trinajstić information content (AvgIpc) is 2.02. The minimum Gasteiger partial charge on any atom is 0 e. The summed E-state index contributed by atoms with van der Waals surface area (Å²) in [4.78, 5) is 10.6. The van der Waals surface area contributed by atoms with Crippen LogP contribution in [0.3, 0.4) is 0 Å². The van der Waals surface area contributed by atoms with Crippen molar-refractivity contribution in [2.24, 2.45) is 0 Å². The maximum Gasteiger partial charge on any atom is 0 e. The molecule has 1 aromatic carbocycles. The van der Waals surface area contributed by atoms with Gasteiger partial charge in [-0.15, -0.1) is 0 Å². The van der Waals surface area contributed by atoms with Crippen molar-refractivity contribution in [2.75, 3.05) is 5.32 Å².